The van der Waals surface area contributed by atoms with Crippen molar-refractivity contribution in [1.82, 2.24) is 5.32 Å². The molecule has 0 fully saturated rings. The van der Waals surface area contributed by atoms with Gasteiger partial charge in [-0.15, -0.1) is 0 Å². The average Bonchev–Trinajstić information content (AvgIpc) is 2.22. The van der Waals surface area contributed by atoms with Gasteiger partial charge in [0.15, 0.2) is 0 Å². The predicted octanol–water partition coefficient (Wildman–Crippen LogP) is 1.68. The maximum Gasteiger partial charge on any atom is 0.219 e. The van der Waals surface area contributed by atoms with E-state index in [4.69, 9.17) is 10.5 Å². The summed E-state index contributed by atoms with van der Waals surface area (Å²) in [5.41, 5.74) is 5.61. The number of hydrogen-bond acceptors (Lipinski definition) is 3. The molecule has 4 nitrogen and oxygen atoms in total. The van der Waals surface area contributed by atoms with E-state index in [1.807, 2.05) is 6.92 Å². The van der Waals surface area contributed by atoms with Crippen LogP contribution in [0.3, 0.4) is 0 Å². The van der Waals surface area contributed by atoms with Gasteiger partial charge in [0.1, 0.15) is 0 Å². The minimum absolute atomic E-state index is 0.120. The molecule has 0 aromatic rings. The Morgan fingerprint density at radius 2 is 2.00 bits per heavy atom. The van der Waals surface area contributed by atoms with Crippen LogP contribution in [0.1, 0.15) is 46.5 Å². The maximum atomic E-state index is 11.4. The molecule has 0 bridgehead atoms. The van der Waals surface area contributed by atoms with Crippen molar-refractivity contribution in [2.45, 2.75) is 52.5 Å². The SMILES string of the molecule is CC(C)COCCCNC(=O)CCCC(C)N. The van der Waals surface area contributed by atoms with E-state index in [1.165, 1.54) is 0 Å². The predicted molar refractivity (Wildman–Crippen MR) is 70.8 cm³/mol. The lowest BCUT2D eigenvalue weighted by molar-refractivity contribution is -0.121. The zero-order valence-corrected chi connectivity index (χ0v) is 11.5. The summed E-state index contributed by atoms with van der Waals surface area (Å²) in [5, 5.41) is 2.88. The second-order valence-electron chi connectivity index (χ2n) is 5.04. The van der Waals surface area contributed by atoms with Gasteiger partial charge in [0.25, 0.3) is 0 Å². The van der Waals surface area contributed by atoms with Crippen molar-refractivity contribution in [1.29, 1.82) is 0 Å². The van der Waals surface area contributed by atoms with Gasteiger partial charge >= 0.3 is 0 Å². The molecule has 0 saturated heterocycles. The highest BCUT2D eigenvalue weighted by Gasteiger charge is 2.01. The van der Waals surface area contributed by atoms with E-state index < -0.39 is 0 Å². The molecular weight excluding hydrogens is 216 g/mol. The van der Waals surface area contributed by atoms with Crippen molar-refractivity contribution in [3.8, 4) is 0 Å². The first kappa shape index (κ1) is 16.4. The number of nitrogens with two attached hydrogens (primary N) is 1. The van der Waals surface area contributed by atoms with E-state index in [0.717, 1.165) is 32.5 Å². The molecule has 0 aromatic heterocycles. The van der Waals surface area contributed by atoms with Crippen molar-refractivity contribution < 1.29 is 9.53 Å². The summed E-state index contributed by atoms with van der Waals surface area (Å²) >= 11 is 0. The molecule has 0 spiro atoms. The van der Waals surface area contributed by atoms with Crippen LogP contribution in [0.2, 0.25) is 0 Å². The molecule has 102 valence electrons. The maximum absolute atomic E-state index is 11.4. The Morgan fingerprint density at radius 1 is 1.29 bits per heavy atom. The summed E-state index contributed by atoms with van der Waals surface area (Å²) in [6, 6.07) is 0.187. The molecule has 0 rings (SSSR count). The van der Waals surface area contributed by atoms with Crippen molar-refractivity contribution in [3.63, 3.8) is 0 Å². The molecule has 0 heterocycles. The fraction of sp³-hybridized carbons (Fsp3) is 0.923. The lowest BCUT2D eigenvalue weighted by atomic mass is 10.1. The minimum atomic E-state index is 0.120. The van der Waals surface area contributed by atoms with Gasteiger partial charge in [-0.3, -0.25) is 4.79 Å². The van der Waals surface area contributed by atoms with Gasteiger partial charge in [0, 0.05) is 32.2 Å². The summed E-state index contributed by atoms with van der Waals surface area (Å²) in [6.45, 7) is 8.43. The van der Waals surface area contributed by atoms with Gasteiger partial charge in [-0.05, 0) is 32.1 Å². The lowest BCUT2D eigenvalue weighted by Gasteiger charge is -2.08. The van der Waals surface area contributed by atoms with Gasteiger partial charge in [0.2, 0.25) is 5.91 Å². The van der Waals surface area contributed by atoms with Crippen LogP contribution in [0.4, 0.5) is 0 Å². The normalized spacial score (nSPS) is 12.8. The monoisotopic (exact) mass is 244 g/mol. The van der Waals surface area contributed by atoms with Crippen LogP contribution in [0.5, 0.6) is 0 Å². The fourth-order valence-electron chi connectivity index (χ4n) is 1.39. The van der Waals surface area contributed by atoms with Crippen molar-refractivity contribution >= 4 is 5.91 Å². The summed E-state index contributed by atoms with van der Waals surface area (Å²) in [7, 11) is 0. The molecule has 0 aliphatic carbocycles. The Hall–Kier alpha value is -0.610. The molecule has 0 radical (unpaired) electrons. The first-order valence-corrected chi connectivity index (χ1v) is 6.62. The topological polar surface area (TPSA) is 64.3 Å². The third-order valence-electron chi connectivity index (χ3n) is 2.30. The van der Waals surface area contributed by atoms with Gasteiger partial charge in [-0.25, -0.2) is 0 Å². The molecule has 3 N–H and O–H groups in total. The number of carbonyl (C=O) groups excluding carboxylic acids is 1. The fourth-order valence-corrected chi connectivity index (χ4v) is 1.39. The second kappa shape index (κ2) is 10.5. The molecule has 17 heavy (non-hydrogen) atoms. The van der Waals surface area contributed by atoms with Crippen LogP contribution in [0.15, 0.2) is 0 Å². The Balaban J connectivity index is 3.22. The van der Waals surface area contributed by atoms with Crippen LogP contribution < -0.4 is 11.1 Å². The average molecular weight is 244 g/mol. The molecule has 1 amide bonds. The zero-order chi connectivity index (χ0) is 13.1. The first-order valence-electron chi connectivity index (χ1n) is 6.62. The highest BCUT2D eigenvalue weighted by Crippen LogP contribution is 1.98. The molecule has 1 unspecified atom stereocenters. The molecule has 0 saturated carbocycles. The molecule has 4 heteroatoms. The van der Waals surface area contributed by atoms with Crippen LogP contribution in [-0.2, 0) is 9.53 Å². The van der Waals surface area contributed by atoms with Gasteiger partial charge in [-0.1, -0.05) is 13.8 Å². The summed E-state index contributed by atoms with van der Waals surface area (Å²) < 4.78 is 5.42. The number of carbonyl (C=O) groups is 1. The van der Waals surface area contributed by atoms with Crippen LogP contribution in [-0.4, -0.2) is 31.7 Å². The lowest BCUT2D eigenvalue weighted by Crippen LogP contribution is -2.25. The summed E-state index contributed by atoms with van der Waals surface area (Å²) in [4.78, 5) is 11.4. The number of amides is 1. The molecule has 0 aliphatic rings. The summed E-state index contributed by atoms with van der Waals surface area (Å²) in [6.07, 6.45) is 3.23. The Kier molecular flexibility index (Phi) is 10.2. The van der Waals surface area contributed by atoms with Gasteiger partial charge in [-0.2, -0.15) is 0 Å². The number of ether oxygens (including phenoxy) is 1. The van der Waals surface area contributed by atoms with Crippen molar-refractivity contribution in [3.05, 3.63) is 0 Å². The van der Waals surface area contributed by atoms with Crippen LogP contribution >= 0.6 is 0 Å². The van der Waals surface area contributed by atoms with Crippen LogP contribution in [0, 0.1) is 5.92 Å². The largest absolute Gasteiger partial charge is 0.381 e. The number of rotatable bonds is 10. The van der Waals surface area contributed by atoms with E-state index in [1.54, 1.807) is 0 Å². The highest BCUT2D eigenvalue weighted by molar-refractivity contribution is 5.75. The van der Waals surface area contributed by atoms with E-state index in [9.17, 15) is 4.79 Å². The van der Waals surface area contributed by atoms with Crippen LogP contribution in [0.25, 0.3) is 0 Å². The first-order chi connectivity index (χ1) is 8.02. The van der Waals surface area contributed by atoms with Crippen molar-refractivity contribution in [2.75, 3.05) is 19.8 Å². The van der Waals surface area contributed by atoms with Gasteiger partial charge < -0.3 is 15.8 Å². The third-order valence-corrected chi connectivity index (χ3v) is 2.30. The molecular formula is C13H28N2O2. The summed E-state index contributed by atoms with van der Waals surface area (Å²) in [5.74, 6) is 0.692. The highest BCUT2D eigenvalue weighted by atomic mass is 16.5. The number of hydrogen-bond donors (Lipinski definition) is 2. The van der Waals surface area contributed by atoms with Gasteiger partial charge in [0.05, 0.1) is 0 Å². The Bertz CT molecular complexity index is 194. The second-order valence-corrected chi connectivity index (χ2v) is 5.04. The van der Waals surface area contributed by atoms with E-state index >= 15 is 0 Å². The van der Waals surface area contributed by atoms with Crippen molar-refractivity contribution in [2.24, 2.45) is 11.7 Å². The van der Waals surface area contributed by atoms with E-state index in [2.05, 4.69) is 19.2 Å². The molecule has 0 aliphatic heterocycles. The molecule has 0 aromatic carbocycles. The Labute approximate surface area is 105 Å². The smallest absolute Gasteiger partial charge is 0.219 e. The zero-order valence-electron chi connectivity index (χ0n) is 11.5. The quantitative estimate of drug-likeness (QED) is 0.575. The number of nitrogens with one attached hydrogen (secondary N) is 1. The van der Waals surface area contributed by atoms with E-state index in [-0.39, 0.29) is 11.9 Å². The van der Waals surface area contributed by atoms with E-state index in [0.29, 0.717) is 18.9 Å². The standard InChI is InChI=1S/C13H28N2O2/c1-11(2)10-17-9-5-8-15-13(16)7-4-6-12(3)14/h11-12H,4-10,14H2,1-3H3,(H,15,16). The minimum Gasteiger partial charge on any atom is -0.381 e. The third kappa shape index (κ3) is 13.3. The Morgan fingerprint density at radius 3 is 2.59 bits per heavy atom. The molecule has 1 atom stereocenters.